The van der Waals surface area contributed by atoms with Crippen LogP contribution in [0.5, 0.6) is 0 Å². The monoisotopic (exact) mass is 396 g/mol. The van der Waals surface area contributed by atoms with Crippen molar-refractivity contribution in [1.82, 2.24) is 9.99 Å². The Bertz CT molecular complexity index is 958. The first-order valence-electron chi connectivity index (χ1n) is 8.59. The molecule has 0 aliphatic rings. The highest BCUT2D eigenvalue weighted by Gasteiger charge is 2.05. The summed E-state index contributed by atoms with van der Waals surface area (Å²) < 4.78 is 2.08. The van der Waals surface area contributed by atoms with Crippen molar-refractivity contribution in [2.24, 2.45) is 5.10 Å². The molecule has 0 unspecified atom stereocenters. The first-order chi connectivity index (χ1) is 13.0. The second-order valence-electron chi connectivity index (χ2n) is 6.24. The maximum absolute atomic E-state index is 6.26. The van der Waals surface area contributed by atoms with E-state index >= 15 is 0 Å². The van der Waals surface area contributed by atoms with Gasteiger partial charge in [0.2, 0.25) is 0 Å². The highest BCUT2D eigenvalue weighted by molar-refractivity contribution is 7.80. The van der Waals surface area contributed by atoms with Crippen molar-refractivity contribution in [3.05, 3.63) is 88.2 Å². The molecule has 6 heteroatoms. The number of thiocarbonyl (C=S) groups is 1. The van der Waals surface area contributed by atoms with Crippen molar-refractivity contribution >= 4 is 40.8 Å². The molecule has 1 heterocycles. The summed E-state index contributed by atoms with van der Waals surface area (Å²) in [4.78, 5) is 0. The van der Waals surface area contributed by atoms with Crippen LogP contribution >= 0.6 is 23.8 Å². The molecule has 4 nitrogen and oxygen atoms in total. The van der Waals surface area contributed by atoms with Crippen molar-refractivity contribution in [1.29, 1.82) is 0 Å². The molecular weight excluding hydrogens is 376 g/mol. The zero-order valence-corrected chi connectivity index (χ0v) is 16.8. The molecule has 27 heavy (non-hydrogen) atoms. The Hall–Kier alpha value is -2.63. The second-order valence-corrected chi connectivity index (χ2v) is 7.06. The number of aromatic nitrogens is 1. The number of halogens is 1. The summed E-state index contributed by atoms with van der Waals surface area (Å²) in [5.41, 5.74) is 8.17. The predicted molar refractivity (Wildman–Crippen MR) is 118 cm³/mol. The maximum atomic E-state index is 6.26. The van der Waals surface area contributed by atoms with Gasteiger partial charge in [0.25, 0.3) is 0 Å². The molecule has 0 radical (unpaired) electrons. The van der Waals surface area contributed by atoms with Crippen LogP contribution in [0.3, 0.4) is 0 Å². The molecule has 0 fully saturated rings. The number of hydrogen-bond donors (Lipinski definition) is 2. The Kier molecular flexibility index (Phi) is 6.27. The molecule has 0 saturated heterocycles. The molecule has 2 aromatic carbocycles. The van der Waals surface area contributed by atoms with Crippen LogP contribution < -0.4 is 10.7 Å². The lowest BCUT2D eigenvalue weighted by Crippen LogP contribution is -2.24. The van der Waals surface area contributed by atoms with E-state index in [1.807, 2.05) is 74.6 Å². The molecule has 0 saturated carbocycles. The number of hydrogen-bond acceptors (Lipinski definition) is 2. The van der Waals surface area contributed by atoms with Crippen LogP contribution in [-0.2, 0) is 6.54 Å². The van der Waals surface area contributed by atoms with E-state index in [2.05, 4.69) is 20.4 Å². The third kappa shape index (κ3) is 4.96. The van der Waals surface area contributed by atoms with E-state index in [0.717, 1.165) is 33.1 Å². The Balaban J connectivity index is 1.63. The summed E-state index contributed by atoms with van der Waals surface area (Å²) in [6.45, 7) is 4.77. The van der Waals surface area contributed by atoms with Crippen molar-refractivity contribution in [2.45, 2.75) is 20.4 Å². The fraction of sp³-hybridized carbons (Fsp3) is 0.143. The fourth-order valence-corrected chi connectivity index (χ4v) is 3.16. The highest BCUT2D eigenvalue weighted by atomic mass is 35.5. The van der Waals surface area contributed by atoms with Gasteiger partial charge in [0.05, 0.1) is 11.9 Å². The van der Waals surface area contributed by atoms with E-state index in [0.29, 0.717) is 11.7 Å². The van der Waals surface area contributed by atoms with Gasteiger partial charge in [-0.15, -0.1) is 0 Å². The molecule has 0 amide bonds. The van der Waals surface area contributed by atoms with Crippen molar-refractivity contribution in [2.75, 3.05) is 5.32 Å². The van der Waals surface area contributed by atoms with Crippen molar-refractivity contribution in [3.8, 4) is 0 Å². The first-order valence-corrected chi connectivity index (χ1v) is 9.38. The van der Waals surface area contributed by atoms with Crippen LogP contribution in [0.2, 0.25) is 5.02 Å². The average Bonchev–Trinajstić information content (AvgIpc) is 3.07. The third-order valence-electron chi connectivity index (χ3n) is 4.25. The SMILES string of the molecule is Cc1cccc(C)c1NC(=S)N/N=C\c1cccn1Cc1ccccc1Cl. The molecule has 0 atom stereocenters. The van der Waals surface area contributed by atoms with E-state index in [4.69, 9.17) is 23.8 Å². The summed E-state index contributed by atoms with van der Waals surface area (Å²) in [5, 5.41) is 8.67. The lowest BCUT2D eigenvalue weighted by molar-refractivity contribution is 0.799. The van der Waals surface area contributed by atoms with Gasteiger partial charge in [0.1, 0.15) is 0 Å². The number of aryl methyl sites for hydroxylation is 2. The lowest BCUT2D eigenvalue weighted by atomic mass is 10.1. The van der Waals surface area contributed by atoms with Crippen LogP contribution in [0.1, 0.15) is 22.4 Å². The van der Waals surface area contributed by atoms with Crippen molar-refractivity contribution < 1.29 is 0 Å². The Labute approximate surface area is 169 Å². The van der Waals surface area contributed by atoms with Gasteiger partial charge >= 0.3 is 0 Å². The van der Waals surface area contributed by atoms with Gasteiger partial charge in [-0.25, -0.2) is 0 Å². The largest absolute Gasteiger partial charge is 0.342 e. The molecule has 1 aromatic heterocycles. The van der Waals surface area contributed by atoms with Gasteiger partial charge in [-0.1, -0.05) is 48.0 Å². The Morgan fingerprint density at radius 2 is 1.81 bits per heavy atom. The summed E-state index contributed by atoms with van der Waals surface area (Å²) in [6, 6.07) is 17.9. The molecule has 3 aromatic rings. The number of rotatable bonds is 5. The minimum Gasteiger partial charge on any atom is -0.342 e. The number of nitrogens with one attached hydrogen (secondary N) is 2. The third-order valence-corrected chi connectivity index (χ3v) is 4.81. The molecule has 138 valence electrons. The van der Waals surface area contributed by atoms with Crippen molar-refractivity contribution in [3.63, 3.8) is 0 Å². The second kappa shape index (κ2) is 8.84. The maximum Gasteiger partial charge on any atom is 0.191 e. The molecule has 0 aliphatic carbocycles. The minimum atomic E-state index is 0.452. The Morgan fingerprint density at radius 3 is 2.56 bits per heavy atom. The summed E-state index contributed by atoms with van der Waals surface area (Å²) in [7, 11) is 0. The molecule has 0 bridgehead atoms. The van der Waals surface area contributed by atoms with Gasteiger partial charge in [-0.05, 0) is 61.0 Å². The van der Waals surface area contributed by atoms with Crippen LogP contribution in [0, 0.1) is 13.8 Å². The van der Waals surface area contributed by atoms with E-state index in [1.54, 1.807) is 6.21 Å². The highest BCUT2D eigenvalue weighted by Crippen LogP contribution is 2.19. The minimum absolute atomic E-state index is 0.452. The number of hydrazone groups is 1. The van der Waals surface area contributed by atoms with Crippen LogP contribution in [-0.4, -0.2) is 15.9 Å². The normalized spacial score (nSPS) is 10.9. The van der Waals surface area contributed by atoms with Gasteiger partial charge in [0.15, 0.2) is 5.11 Å². The predicted octanol–water partition coefficient (Wildman–Crippen LogP) is 5.13. The average molecular weight is 397 g/mol. The summed E-state index contributed by atoms with van der Waals surface area (Å²) in [5.74, 6) is 0. The molecule has 2 N–H and O–H groups in total. The standard InChI is InChI=1S/C21H21ClN4S/c1-15-7-5-8-16(2)20(15)24-21(27)25-23-13-18-10-6-12-26(18)14-17-9-3-4-11-19(17)22/h3-13H,14H2,1-2H3,(H2,24,25,27)/b23-13-. The number of anilines is 1. The first kappa shape index (κ1) is 19.1. The lowest BCUT2D eigenvalue weighted by Gasteiger charge is -2.12. The molecule has 0 aliphatic heterocycles. The van der Waals surface area contributed by atoms with E-state index < -0.39 is 0 Å². The zero-order valence-electron chi connectivity index (χ0n) is 15.2. The topological polar surface area (TPSA) is 41.4 Å². The molecule has 3 rings (SSSR count). The Morgan fingerprint density at radius 1 is 1.07 bits per heavy atom. The van der Waals surface area contributed by atoms with Crippen LogP contribution in [0.4, 0.5) is 5.69 Å². The van der Waals surface area contributed by atoms with E-state index in [1.165, 1.54) is 0 Å². The van der Waals surface area contributed by atoms with Gasteiger partial charge < -0.3 is 9.88 Å². The van der Waals surface area contributed by atoms with Crippen LogP contribution in [0.25, 0.3) is 0 Å². The number of benzene rings is 2. The number of nitrogens with zero attached hydrogens (tertiary/aromatic N) is 2. The van der Waals surface area contributed by atoms with Gasteiger partial charge in [-0.3, -0.25) is 5.43 Å². The molecule has 0 spiro atoms. The van der Waals surface area contributed by atoms with E-state index in [9.17, 15) is 0 Å². The van der Waals surface area contributed by atoms with E-state index in [-0.39, 0.29) is 0 Å². The quantitative estimate of drug-likeness (QED) is 0.357. The fourth-order valence-electron chi connectivity index (χ4n) is 2.81. The molecular formula is C21H21ClN4S. The summed E-state index contributed by atoms with van der Waals surface area (Å²) >= 11 is 11.6. The van der Waals surface area contributed by atoms with Gasteiger partial charge in [-0.2, -0.15) is 5.10 Å². The van der Waals surface area contributed by atoms with Crippen LogP contribution in [0.15, 0.2) is 65.9 Å². The smallest absolute Gasteiger partial charge is 0.191 e. The summed E-state index contributed by atoms with van der Waals surface area (Å²) in [6.07, 6.45) is 3.74. The van der Waals surface area contributed by atoms with Gasteiger partial charge in [0, 0.05) is 23.5 Å². The zero-order chi connectivity index (χ0) is 19.2. The number of para-hydroxylation sites is 1.